The highest BCUT2D eigenvalue weighted by Crippen LogP contribution is 2.54. The van der Waals surface area contributed by atoms with Crippen molar-refractivity contribution < 1.29 is 9.90 Å². The molecule has 100 valence electrons. The molecule has 1 aromatic rings. The van der Waals surface area contributed by atoms with E-state index >= 15 is 0 Å². The SMILES string of the molecule is NC1(C(=O)O)CCC2(CC1)C(Br)=Cc1ccccc12. The van der Waals surface area contributed by atoms with Crippen LogP contribution in [0.5, 0.6) is 0 Å². The summed E-state index contributed by atoms with van der Waals surface area (Å²) in [5.41, 5.74) is 7.39. The van der Waals surface area contributed by atoms with E-state index in [1.54, 1.807) is 0 Å². The number of benzene rings is 1. The third-order valence-electron chi connectivity index (χ3n) is 4.64. The van der Waals surface area contributed by atoms with Gasteiger partial charge in [-0.3, -0.25) is 4.79 Å². The number of hydrogen-bond acceptors (Lipinski definition) is 2. The maximum atomic E-state index is 11.3. The topological polar surface area (TPSA) is 63.3 Å². The largest absolute Gasteiger partial charge is 0.480 e. The van der Waals surface area contributed by atoms with Gasteiger partial charge in [-0.25, -0.2) is 0 Å². The molecule has 0 unspecified atom stereocenters. The Morgan fingerprint density at radius 3 is 2.47 bits per heavy atom. The van der Waals surface area contributed by atoms with Crippen LogP contribution in [0.3, 0.4) is 0 Å². The molecule has 19 heavy (non-hydrogen) atoms. The quantitative estimate of drug-likeness (QED) is 0.835. The molecule has 3 rings (SSSR count). The summed E-state index contributed by atoms with van der Waals surface area (Å²) in [4.78, 5) is 11.3. The number of halogens is 1. The Labute approximate surface area is 120 Å². The van der Waals surface area contributed by atoms with Crippen molar-refractivity contribution in [2.24, 2.45) is 5.73 Å². The molecule has 0 bridgehead atoms. The lowest BCUT2D eigenvalue weighted by atomic mass is 9.65. The fourth-order valence-corrected chi connectivity index (χ4v) is 4.16. The summed E-state index contributed by atoms with van der Waals surface area (Å²) in [6.07, 6.45) is 4.74. The standard InChI is InChI=1S/C15H16BrNO2/c16-12-9-10-3-1-2-4-11(10)14(12)5-7-15(17,8-6-14)13(18)19/h1-4,9H,5-8,17H2,(H,18,19). The number of hydrogen-bond donors (Lipinski definition) is 2. The van der Waals surface area contributed by atoms with Crippen LogP contribution in [0.25, 0.3) is 6.08 Å². The number of aliphatic carboxylic acids is 1. The summed E-state index contributed by atoms with van der Waals surface area (Å²) < 4.78 is 1.16. The third-order valence-corrected chi connectivity index (χ3v) is 5.63. The first-order valence-electron chi connectivity index (χ1n) is 6.47. The van der Waals surface area contributed by atoms with Crippen LogP contribution in [-0.4, -0.2) is 16.6 Å². The van der Waals surface area contributed by atoms with Crippen LogP contribution < -0.4 is 5.73 Å². The number of nitrogens with two attached hydrogens (primary N) is 1. The predicted octanol–water partition coefficient (Wildman–Crippen LogP) is 3.03. The summed E-state index contributed by atoms with van der Waals surface area (Å²) in [6, 6.07) is 8.32. The van der Waals surface area contributed by atoms with Crippen molar-refractivity contribution in [3.8, 4) is 0 Å². The van der Waals surface area contributed by atoms with Crippen molar-refractivity contribution in [1.82, 2.24) is 0 Å². The van der Waals surface area contributed by atoms with Gasteiger partial charge in [-0.1, -0.05) is 40.2 Å². The molecule has 0 saturated heterocycles. The normalized spacial score (nSPS) is 33.1. The van der Waals surface area contributed by atoms with Crippen LogP contribution in [0.1, 0.15) is 36.8 Å². The van der Waals surface area contributed by atoms with Gasteiger partial charge in [0.1, 0.15) is 5.54 Å². The van der Waals surface area contributed by atoms with E-state index in [1.165, 1.54) is 11.1 Å². The summed E-state index contributed by atoms with van der Waals surface area (Å²) in [5.74, 6) is -0.881. The molecule has 2 aliphatic rings. The van der Waals surface area contributed by atoms with Gasteiger partial charge in [0.2, 0.25) is 0 Å². The molecular formula is C15H16BrNO2. The number of allylic oxidation sites excluding steroid dienone is 1. The van der Waals surface area contributed by atoms with Gasteiger partial charge < -0.3 is 10.8 Å². The van der Waals surface area contributed by atoms with Crippen molar-refractivity contribution in [3.05, 3.63) is 39.9 Å². The van der Waals surface area contributed by atoms with Gasteiger partial charge in [0.15, 0.2) is 0 Å². The maximum absolute atomic E-state index is 11.3. The van der Waals surface area contributed by atoms with Crippen molar-refractivity contribution >= 4 is 28.0 Å². The summed E-state index contributed by atoms with van der Waals surface area (Å²) in [7, 11) is 0. The number of carbonyl (C=O) groups is 1. The zero-order chi connectivity index (χ0) is 13.7. The molecule has 1 fully saturated rings. The number of carboxylic acid groups (broad SMARTS) is 1. The van der Waals surface area contributed by atoms with Gasteiger partial charge in [-0.05, 0) is 42.9 Å². The highest BCUT2D eigenvalue weighted by atomic mass is 79.9. The summed E-state index contributed by atoms with van der Waals surface area (Å²) in [5, 5.41) is 9.24. The van der Waals surface area contributed by atoms with E-state index in [4.69, 9.17) is 5.73 Å². The van der Waals surface area contributed by atoms with Crippen LogP contribution in [0, 0.1) is 0 Å². The van der Waals surface area contributed by atoms with Gasteiger partial charge in [0, 0.05) is 9.90 Å². The molecule has 0 aliphatic heterocycles. The van der Waals surface area contributed by atoms with Crippen LogP contribution >= 0.6 is 15.9 Å². The molecule has 2 aliphatic carbocycles. The molecule has 1 aromatic carbocycles. The van der Waals surface area contributed by atoms with Crippen LogP contribution in [0.15, 0.2) is 28.7 Å². The average Bonchev–Trinajstić information content (AvgIpc) is 2.66. The average molecular weight is 322 g/mol. The highest BCUT2D eigenvalue weighted by molar-refractivity contribution is 9.11. The minimum absolute atomic E-state index is 0.0606. The Balaban J connectivity index is 1.96. The Hall–Kier alpha value is -1.13. The van der Waals surface area contributed by atoms with Gasteiger partial charge in [-0.2, -0.15) is 0 Å². The van der Waals surface area contributed by atoms with Crippen molar-refractivity contribution in [2.45, 2.75) is 36.6 Å². The lowest BCUT2D eigenvalue weighted by Gasteiger charge is -2.42. The predicted molar refractivity (Wildman–Crippen MR) is 78.0 cm³/mol. The lowest BCUT2D eigenvalue weighted by molar-refractivity contribution is -0.145. The van der Waals surface area contributed by atoms with E-state index in [2.05, 4.69) is 34.1 Å². The molecule has 0 amide bonds. The molecule has 3 N–H and O–H groups in total. The first-order chi connectivity index (χ1) is 8.98. The fraction of sp³-hybridized carbons (Fsp3) is 0.400. The first kappa shape index (κ1) is 12.9. The van der Waals surface area contributed by atoms with Crippen LogP contribution in [-0.2, 0) is 10.2 Å². The summed E-state index contributed by atoms with van der Waals surface area (Å²) in [6.45, 7) is 0. The Kier molecular flexibility index (Phi) is 2.84. The Morgan fingerprint density at radius 1 is 1.21 bits per heavy atom. The third kappa shape index (κ3) is 1.77. The zero-order valence-electron chi connectivity index (χ0n) is 10.5. The second-order valence-corrected chi connectivity index (χ2v) is 6.48. The molecule has 0 atom stereocenters. The molecule has 0 radical (unpaired) electrons. The van der Waals surface area contributed by atoms with E-state index < -0.39 is 11.5 Å². The van der Waals surface area contributed by atoms with Crippen molar-refractivity contribution in [2.75, 3.05) is 0 Å². The van der Waals surface area contributed by atoms with E-state index in [0.717, 1.165) is 17.3 Å². The zero-order valence-corrected chi connectivity index (χ0v) is 12.1. The smallest absolute Gasteiger partial charge is 0.323 e. The maximum Gasteiger partial charge on any atom is 0.323 e. The Bertz CT molecular complexity index is 571. The second kappa shape index (κ2) is 4.18. The van der Waals surface area contributed by atoms with Crippen molar-refractivity contribution in [1.29, 1.82) is 0 Å². The van der Waals surface area contributed by atoms with E-state index in [1.807, 2.05) is 12.1 Å². The van der Waals surface area contributed by atoms with Gasteiger partial charge in [0.25, 0.3) is 0 Å². The van der Waals surface area contributed by atoms with Crippen LogP contribution in [0.4, 0.5) is 0 Å². The molecule has 0 aromatic heterocycles. The molecular weight excluding hydrogens is 306 g/mol. The molecule has 3 nitrogen and oxygen atoms in total. The number of rotatable bonds is 1. The van der Waals surface area contributed by atoms with Crippen molar-refractivity contribution in [3.63, 3.8) is 0 Å². The molecule has 1 spiro atoms. The van der Waals surface area contributed by atoms with Crippen LogP contribution in [0.2, 0.25) is 0 Å². The van der Waals surface area contributed by atoms with Gasteiger partial charge in [-0.15, -0.1) is 0 Å². The Morgan fingerprint density at radius 2 is 1.84 bits per heavy atom. The van der Waals surface area contributed by atoms with E-state index in [0.29, 0.717) is 12.8 Å². The molecule has 0 heterocycles. The lowest BCUT2D eigenvalue weighted by Crippen LogP contribution is -2.53. The van der Waals surface area contributed by atoms with Gasteiger partial charge in [0.05, 0.1) is 0 Å². The first-order valence-corrected chi connectivity index (χ1v) is 7.27. The number of fused-ring (bicyclic) bond motifs is 2. The van der Waals surface area contributed by atoms with E-state index in [9.17, 15) is 9.90 Å². The number of carboxylic acids is 1. The minimum atomic E-state index is -1.06. The fourth-order valence-electron chi connectivity index (χ4n) is 3.31. The second-order valence-electron chi connectivity index (χ2n) is 5.62. The van der Waals surface area contributed by atoms with Gasteiger partial charge >= 0.3 is 5.97 Å². The molecule has 1 saturated carbocycles. The summed E-state index contributed by atoms with van der Waals surface area (Å²) >= 11 is 3.69. The highest BCUT2D eigenvalue weighted by Gasteiger charge is 2.49. The minimum Gasteiger partial charge on any atom is -0.480 e. The monoisotopic (exact) mass is 321 g/mol. The molecule has 4 heteroatoms. The van der Waals surface area contributed by atoms with E-state index in [-0.39, 0.29) is 5.41 Å².